The summed E-state index contributed by atoms with van der Waals surface area (Å²) in [4.78, 5) is 20.6. The Labute approximate surface area is 143 Å². The summed E-state index contributed by atoms with van der Waals surface area (Å²) < 4.78 is 0. The fourth-order valence-corrected chi connectivity index (χ4v) is 4.47. The average molecular weight is 340 g/mol. The predicted molar refractivity (Wildman–Crippen MR) is 95.1 cm³/mol. The van der Waals surface area contributed by atoms with Gasteiger partial charge in [0, 0.05) is 28.9 Å². The lowest BCUT2D eigenvalue weighted by atomic mass is 10.1. The molecular weight excluding hydrogens is 324 g/mol. The lowest BCUT2D eigenvalue weighted by molar-refractivity contribution is 0.0731. The normalized spacial score (nSPS) is 13.9. The van der Waals surface area contributed by atoms with Gasteiger partial charge in [-0.1, -0.05) is 29.8 Å². The van der Waals surface area contributed by atoms with Crippen molar-refractivity contribution in [3.8, 4) is 10.6 Å². The van der Waals surface area contributed by atoms with Gasteiger partial charge in [0.25, 0.3) is 5.91 Å². The number of benzene rings is 1. The fraction of sp³-hybridized carbons (Fsp3) is 0.222. The molecule has 0 atom stereocenters. The second-order valence-corrected chi connectivity index (χ2v) is 7.61. The first kappa shape index (κ1) is 14.6. The van der Waals surface area contributed by atoms with Crippen LogP contribution in [-0.2, 0) is 13.0 Å². The third-order valence-corrected chi connectivity index (χ3v) is 6.03. The molecule has 0 bridgehead atoms. The zero-order valence-corrected chi connectivity index (χ0v) is 14.4. The molecule has 3 heterocycles. The molecule has 116 valence electrons. The highest BCUT2D eigenvalue weighted by Crippen LogP contribution is 2.27. The van der Waals surface area contributed by atoms with Crippen molar-refractivity contribution in [3.63, 3.8) is 0 Å². The van der Waals surface area contributed by atoms with Gasteiger partial charge >= 0.3 is 0 Å². The van der Waals surface area contributed by atoms with E-state index in [0.717, 1.165) is 23.5 Å². The Bertz CT molecular complexity index is 848. The molecule has 1 amide bonds. The van der Waals surface area contributed by atoms with Crippen molar-refractivity contribution in [3.05, 3.63) is 62.8 Å². The minimum Gasteiger partial charge on any atom is -0.333 e. The number of carbonyl (C=O) groups is 1. The van der Waals surface area contributed by atoms with E-state index < -0.39 is 0 Å². The maximum Gasteiger partial charge on any atom is 0.273 e. The van der Waals surface area contributed by atoms with E-state index in [4.69, 9.17) is 0 Å². The lowest BCUT2D eigenvalue weighted by Crippen LogP contribution is -2.35. The van der Waals surface area contributed by atoms with Gasteiger partial charge in [0.05, 0.1) is 0 Å². The summed E-state index contributed by atoms with van der Waals surface area (Å²) >= 11 is 3.32. The van der Waals surface area contributed by atoms with E-state index in [-0.39, 0.29) is 5.91 Å². The Morgan fingerprint density at radius 3 is 2.83 bits per heavy atom. The molecule has 0 N–H and O–H groups in total. The molecule has 4 rings (SSSR count). The van der Waals surface area contributed by atoms with Gasteiger partial charge in [-0.3, -0.25) is 4.79 Å². The van der Waals surface area contributed by atoms with E-state index in [1.807, 2.05) is 10.3 Å². The number of thiazole rings is 1. The summed E-state index contributed by atoms with van der Waals surface area (Å²) in [5, 5.41) is 4.89. The summed E-state index contributed by atoms with van der Waals surface area (Å²) in [6.45, 7) is 3.55. The van der Waals surface area contributed by atoms with E-state index in [9.17, 15) is 4.79 Å². The third-order valence-electron chi connectivity index (χ3n) is 4.12. The Morgan fingerprint density at radius 2 is 2.00 bits per heavy atom. The lowest BCUT2D eigenvalue weighted by Gasteiger charge is -2.26. The molecule has 0 spiro atoms. The van der Waals surface area contributed by atoms with Gasteiger partial charge in [0.2, 0.25) is 0 Å². The zero-order valence-electron chi connectivity index (χ0n) is 12.8. The summed E-state index contributed by atoms with van der Waals surface area (Å²) in [7, 11) is 0. The Balaban J connectivity index is 1.55. The standard InChI is InChI=1S/C18H16N2OS2/c1-12-2-4-13(5-3-12)17-19-15(11-23-17)18(21)20-8-6-16-14(10-20)7-9-22-16/h2-5,7,9,11H,6,8,10H2,1H3. The molecular formula is C18H16N2OS2. The molecule has 0 saturated heterocycles. The van der Waals surface area contributed by atoms with Crippen molar-refractivity contribution in [2.24, 2.45) is 0 Å². The highest BCUT2D eigenvalue weighted by molar-refractivity contribution is 7.13. The zero-order chi connectivity index (χ0) is 15.8. The number of amides is 1. The van der Waals surface area contributed by atoms with Crippen molar-refractivity contribution in [1.82, 2.24) is 9.88 Å². The average Bonchev–Trinajstić information content (AvgIpc) is 3.23. The minimum atomic E-state index is 0.0384. The number of aromatic nitrogens is 1. The van der Waals surface area contributed by atoms with Gasteiger partial charge < -0.3 is 4.90 Å². The number of thiophene rings is 1. The van der Waals surface area contributed by atoms with Crippen LogP contribution in [0.5, 0.6) is 0 Å². The van der Waals surface area contributed by atoms with Crippen LogP contribution >= 0.6 is 22.7 Å². The number of nitrogens with zero attached hydrogens (tertiary/aromatic N) is 2. The van der Waals surface area contributed by atoms with Crippen molar-refractivity contribution in [2.45, 2.75) is 19.9 Å². The highest BCUT2D eigenvalue weighted by Gasteiger charge is 2.24. The first-order chi connectivity index (χ1) is 11.2. The van der Waals surface area contributed by atoms with E-state index >= 15 is 0 Å². The molecule has 23 heavy (non-hydrogen) atoms. The van der Waals surface area contributed by atoms with Crippen LogP contribution in [0.3, 0.4) is 0 Å². The van der Waals surface area contributed by atoms with Gasteiger partial charge in [0.1, 0.15) is 10.7 Å². The first-order valence-electron chi connectivity index (χ1n) is 7.58. The molecule has 0 unspecified atom stereocenters. The van der Waals surface area contributed by atoms with Gasteiger partial charge in [0.15, 0.2) is 0 Å². The van der Waals surface area contributed by atoms with Gasteiger partial charge in [-0.15, -0.1) is 22.7 Å². The second-order valence-electron chi connectivity index (χ2n) is 5.75. The summed E-state index contributed by atoms with van der Waals surface area (Å²) in [6, 6.07) is 10.4. The molecule has 3 aromatic rings. The van der Waals surface area contributed by atoms with Crippen LogP contribution in [0.4, 0.5) is 0 Å². The molecule has 0 aliphatic carbocycles. The maximum absolute atomic E-state index is 12.7. The topological polar surface area (TPSA) is 33.2 Å². The highest BCUT2D eigenvalue weighted by atomic mass is 32.1. The monoisotopic (exact) mass is 340 g/mol. The van der Waals surface area contributed by atoms with Crippen LogP contribution in [0.1, 0.15) is 26.5 Å². The molecule has 1 aliphatic rings. The van der Waals surface area contributed by atoms with Crippen LogP contribution < -0.4 is 0 Å². The predicted octanol–water partition coefficient (Wildman–Crippen LogP) is 4.38. The van der Waals surface area contributed by atoms with Crippen molar-refractivity contribution >= 4 is 28.6 Å². The SMILES string of the molecule is Cc1ccc(-c2nc(C(=O)N3CCc4sccc4C3)cs2)cc1. The van der Waals surface area contributed by atoms with Crippen LogP contribution in [0, 0.1) is 6.92 Å². The van der Waals surface area contributed by atoms with E-state index in [2.05, 4.69) is 47.6 Å². The number of fused-ring (bicyclic) bond motifs is 1. The largest absolute Gasteiger partial charge is 0.333 e. The molecule has 3 nitrogen and oxygen atoms in total. The number of carbonyl (C=O) groups excluding carboxylic acids is 1. The first-order valence-corrected chi connectivity index (χ1v) is 9.34. The Morgan fingerprint density at radius 1 is 1.17 bits per heavy atom. The summed E-state index contributed by atoms with van der Waals surface area (Å²) in [5.41, 5.74) is 4.13. The van der Waals surface area contributed by atoms with Crippen LogP contribution in [0.15, 0.2) is 41.1 Å². The van der Waals surface area contributed by atoms with Crippen molar-refractivity contribution < 1.29 is 4.79 Å². The number of rotatable bonds is 2. The van der Waals surface area contributed by atoms with Gasteiger partial charge in [-0.05, 0) is 30.4 Å². The van der Waals surface area contributed by atoms with Crippen LogP contribution in [0.2, 0.25) is 0 Å². The number of hydrogen-bond donors (Lipinski definition) is 0. The molecule has 0 fully saturated rings. The van der Waals surface area contributed by atoms with Crippen LogP contribution in [0.25, 0.3) is 10.6 Å². The Hall–Kier alpha value is -1.98. The molecule has 1 aliphatic heterocycles. The molecule has 2 aromatic heterocycles. The van der Waals surface area contributed by atoms with Crippen molar-refractivity contribution in [1.29, 1.82) is 0 Å². The van der Waals surface area contributed by atoms with Crippen LogP contribution in [-0.4, -0.2) is 22.3 Å². The maximum atomic E-state index is 12.7. The smallest absolute Gasteiger partial charge is 0.273 e. The molecule has 0 radical (unpaired) electrons. The number of aryl methyl sites for hydroxylation is 1. The second kappa shape index (κ2) is 5.91. The van der Waals surface area contributed by atoms with E-state index in [1.165, 1.54) is 27.3 Å². The van der Waals surface area contributed by atoms with Gasteiger partial charge in [-0.25, -0.2) is 4.98 Å². The van der Waals surface area contributed by atoms with E-state index in [1.54, 1.807) is 11.3 Å². The van der Waals surface area contributed by atoms with E-state index in [0.29, 0.717) is 12.2 Å². The third kappa shape index (κ3) is 2.82. The molecule has 5 heteroatoms. The quantitative estimate of drug-likeness (QED) is 0.694. The van der Waals surface area contributed by atoms with Gasteiger partial charge in [-0.2, -0.15) is 0 Å². The summed E-state index contributed by atoms with van der Waals surface area (Å²) in [5.74, 6) is 0.0384. The van der Waals surface area contributed by atoms with Crippen molar-refractivity contribution in [2.75, 3.05) is 6.54 Å². The molecule has 0 saturated carbocycles. The number of hydrogen-bond acceptors (Lipinski definition) is 4. The fourth-order valence-electron chi connectivity index (χ4n) is 2.78. The molecule has 1 aromatic carbocycles. The minimum absolute atomic E-state index is 0.0384. The summed E-state index contributed by atoms with van der Waals surface area (Å²) in [6.07, 6.45) is 0.952. The Kier molecular flexibility index (Phi) is 3.75.